The maximum absolute atomic E-state index is 11.3. The summed E-state index contributed by atoms with van der Waals surface area (Å²) in [6.07, 6.45) is 2.21. The molecule has 0 spiro atoms. The average Bonchev–Trinajstić information content (AvgIpc) is 2.09. The minimum atomic E-state index is -0.222. The molecule has 0 amide bonds. The van der Waals surface area contributed by atoms with Gasteiger partial charge in [-0.1, -0.05) is 30.1 Å². The molecule has 76 valence electrons. The summed E-state index contributed by atoms with van der Waals surface area (Å²) in [6.45, 7) is 3.47. The number of halogens is 2. The van der Waals surface area contributed by atoms with Crippen LogP contribution in [-0.2, 0) is 4.79 Å². The van der Waals surface area contributed by atoms with Crippen LogP contribution in [0.25, 0.3) is 0 Å². The first-order valence-electron chi connectivity index (χ1n) is 4.37. The number of carbonyl (C=O) groups excluding carboxylic acids is 1. The molecule has 1 heterocycles. The molecular formula is C10H11Cl2NO. The van der Waals surface area contributed by atoms with Crippen molar-refractivity contribution in [2.24, 2.45) is 0 Å². The first kappa shape index (κ1) is 11.5. The molecule has 0 aliphatic heterocycles. The highest BCUT2D eigenvalue weighted by Gasteiger charge is 2.18. The normalized spacial score (nSPS) is 12.6. The molecule has 1 aromatic heterocycles. The number of nitrogens with zero attached hydrogens (tertiary/aromatic N) is 1. The molecule has 0 saturated heterocycles. The standard InChI is InChI=1S/C10H11Cl2NO/c1-3-8(6(2)14)10-9(12)4-7(11)5-13-10/h4-5,8H,3H2,1-2H3. The highest BCUT2D eigenvalue weighted by Crippen LogP contribution is 2.27. The summed E-state index contributed by atoms with van der Waals surface area (Å²) in [5, 5.41) is 0.941. The van der Waals surface area contributed by atoms with Crippen LogP contribution >= 0.6 is 23.2 Å². The zero-order chi connectivity index (χ0) is 10.7. The topological polar surface area (TPSA) is 30.0 Å². The lowest BCUT2D eigenvalue weighted by Gasteiger charge is -2.11. The molecule has 14 heavy (non-hydrogen) atoms. The van der Waals surface area contributed by atoms with Gasteiger partial charge in [-0.2, -0.15) is 0 Å². The number of rotatable bonds is 3. The Hall–Kier alpha value is -0.600. The quantitative estimate of drug-likeness (QED) is 0.798. The highest BCUT2D eigenvalue weighted by atomic mass is 35.5. The first-order valence-corrected chi connectivity index (χ1v) is 5.13. The molecule has 0 radical (unpaired) electrons. The predicted molar refractivity (Wildman–Crippen MR) is 58.0 cm³/mol. The molecular weight excluding hydrogens is 221 g/mol. The summed E-state index contributed by atoms with van der Waals surface area (Å²) >= 11 is 11.7. The van der Waals surface area contributed by atoms with Crippen LogP contribution in [0.4, 0.5) is 0 Å². The summed E-state index contributed by atoms with van der Waals surface area (Å²) in [5.74, 6) is -0.149. The molecule has 4 heteroatoms. The van der Waals surface area contributed by atoms with Gasteiger partial charge in [-0.15, -0.1) is 0 Å². The van der Waals surface area contributed by atoms with Gasteiger partial charge >= 0.3 is 0 Å². The van der Waals surface area contributed by atoms with Gasteiger partial charge in [-0.25, -0.2) is 0 Å². The second-order valence-corrected chi connectivity index (χ2v) is 3.94. The lowest BCUT2D eigenvalue weighted by atomic mass is 9.98. The van der Waals surface area contributed by atoms with Crippen molar-refractivity contribution < 1.29 is 4.79 Å². The van der Waals surface area contributed by atoms with Gasteiger partial charge in [-0.3, -0.25) is 9.78 Å². The summed E-state index contributed by atoms with van der Waals surface area (Å²) < 4.78 is 0. The second-order valence-electron chi connectivity index (χ2n) is 3.09. The van der Waals surface area contributed by atoms with E-state index in [0.717, 1.165) is 0 Å². The Labute approximate surface area is 93.2 Å². The summed E-state index contributed by atoms with van der Waals surface area (Å²) in [5.41, 5.74) is 0.617. The molecule has 1 rings (SSSR count). The van der Waals surface area contributed by atoms with Gasteiger partial charge in [0.05, 0.1) is 21.7 Å². The number of Topliss-reactive ketones (excluding diaryl/α,β-unsaturated/α-hetero) is 1. The molecule has 0 N–H and O–H groups in total. The van der Waals surface area contributed by atoms with Crippen molar-refractivity contribution in [1.29, 1.82) is 0 Å². The van der Waals surface area contributed by atoms with Crippen LogP contribution in [0.15, 0.2) is 12.3 Å². The van der Waals surface area contributed by atoms with E-state index in [9.17, 15) is 4.79 Å². The van der Waals surface area contributed by atoms with Crippen molar-refractivity contribution in [2.45, 2.75) is 26.2 Å². The zero-order valence-electron chi connectivity index (χ0n) is 8.05. The largest absolute Gasteiger partial charge is 0.299 e. The zero-order valence-corrected chi connectivity index (χ0v) is 9.56. The smallest absolute Gasteiger partial charge is 0.138 e. The maximum atomic E-state index is 11.3. The van der Waals surface area contributed by atoms with E-state index in [2.05, 4.69) is 4.98 Å². The predicted octanol–water partition coefficient (Wildman–Crippen LogP) is 3.47. The highest BCUT2D eigenvalue weighted by molar-refractivity contribution is 6.35. The van der Waals surface area contributed by atoms with E-state index < -0.39 is 0 Å². The van der Waals surface area contributed by atoms with E-state index in [1.54, 1.807) is 13.0 Å². The third kappa shape index (κ3) is 2.46. The monoisotopic (exact) mass is 231 g/mol. The van der Waals surface area contributed by atoms with E-state index >= 15 is 0 Å². The van der Waals surface area contributed by atoms with E-state index in [1.807, 2.05) is 6.92 Å². The first-order chi connectivity index (χ1) is 6.56. The van der Waals surface area contributed by atoms with Crippen LogP contribution in [0.2, 0.25) is 10.0 Å². The number of carbonyl (C=O) groups is 1. The van der Waals surface area contributed by atoms with Crippen molar-refractivity contribution in [3.63, 3.8) is 0 Å². The van der Waals surface area contributed by atoms with Crippen LogP contribution in [-0.4, -0.2) is 10.8 Å². The number of pyridine rings is 1. The van der Waals surface area contributed by atoms with Gasteiger partial charge in [-0.05, 0) is 19.4 Å². The van der Waals surface area contributed by atoms with Gasteiger partial charge in [0.15, 0.2) is 0 Å². The maximum Gasteiger partial charge on any atom is 0.138 e. The Kier molecular flexibility index (Phi) is 3.90. The molecule has 1 aromatic rings. The lowest BCUT2D eigenvalue weighted by Crippen LogP contribution is -2.10. The van der Waals surface area contributed by atoms with Gasteiger partial charge in [0.1, 0.15) is 5.78 Å². The van der Waals surface area contributed by atoms with E-state index in [1.165, 1.54) is 6.20 Å². The van der Waals surface area contributed by atoms with Crippen LogP contribution in [0.1, 0.15) is 31.9 Å². The van der Waals surface area contributed by atoms with E-state index in [0.29, 0.717) is 22.2 Å². The van der Waals surface area contributed by atoms with Gasteiger partial charge in [0.2, 0.25) is 0 Å². The Bertz CT molecular complexity index is 352. The molecule has 0 aliphatic rings. The minimum absolute atomic E-state index is 0.0734. The van der Waals surface area contributed by atoms with Gasteiger partial charge in [0, 0.05) is 6.20 Å². The average molecular weight is 232 g/mol. The van der Waals surface area contributed by atoms with E-state index in [-0.39, 0.29) is 11.7 Å². The minimum Gasteiger partial charge on any atom is -0.299 e. The molecule has 1 unspecified atom stereocenters. The Balaban J connectivity index is 3.10. The Morgan fingerprint density at radius 2 is 2.21 bits per heavy atom. The Morgan fingerprint density at radius 3 is 2.64 bits per heavy atom. The molecule has 0 aromatic carbocycles. The molecule has 2 nitrogen and oxygen atoms in total. The van der Waals surface area contributed by atoms with Crippen LogP contribution in [0.5, 0.6) is 0 Å². The lowest BCUT2D eigenvalue weighted by molar-refractivity contribution is -0.118. The fourth-order valence-corrected chi connectivity index (χ4v) is 1.87. The fourth-order valence-electron chi connectivity index (χ4n) is 1.35. The SMILES string of the molecule is CCC(C(C)=O)c1ncc(Cl)cc1Cl. The second kappa shape index (κ2) is 4.76. The van der Waals surface area contributed by atoms with Crippen molar-refractivity contribution in [2.75, 3.05) is 0 Å². The van der Waals surface area contributed by atoms with Crippen molar-refractivity contribution in [1.82, 2.24) is 4.98 Å². The number of hydrogen-bond donors (Lipinski definition) is 0. The Morgan fingerprint density at radius 1 is 1.57 bits per heavy atom. The van der Waals surface area contributed by atoms with Crippen LogP contribution < -0.4 is 0 Å². The molecule has 0 saturated carbocycles. The van der Waals surface area contributed by atoms with Crippen LogP contribution in [0, 0.1) is 0 Å². The van der Waals surface area contributed by atoms with Crippen LogP contribution in [0.3, 0.4) is 0 Å². The molecule has 0 bridgehead atoms. The third-order valence-electron chi connectivity index (χ3n) is 2.07. The summed E-state index contributed by atoms with van der Waals surface area (Å²) in [6, 6.07) is 1.61. The fraction of sp³-hybridized carbons (Fsp3) is 0.400. The van der Waals surface area contributed by atoms with Crippen molar-refractivity contribution in [3.8, 4) is 0 Å². The number of aromatic nitrogens is 1. The molecule has 0 aliphatic carbocycles. The van der Waals surface area contributed by atoms with E-state index in [4.69, 9.17) is 23.2 Å². The summed E-state index contributed by atoms with van der Waals surface area (Å²) in [4.78, 5) is 15.4. The molecule has 0 fully saturated rings. The van der Waals surface area contributed by atoms with Crippen molar-refractivity contribution in [3.05, 3.63) is 28.0 Å². The number of hydrogen-bond acceptors (Lipinski definition) is 2. The van der Waals surface area contributed by atoms with Crippen molar-refractivity contribution >= 4 is 29.0 Å². The number of ketones is 1. The third-order valence-corrected chi connectivity index (χ3v) is 2.57. The molecule has 1 atom stereocenters. The van der Waals surface area contributed by atoms with Gasteiger partial charge < -0.3 is 0 Å². The van der Waals surface area contributed by atoms with Gasteiger partial charge in [0.25, 0.3) is 0 Å². The summed E-state index contributed by atoms with van der Waals surface area (Å²) in [7, 11) is 0.